The predicted molar refractivity (Wildman–Crippen MR) is 69.1 cm³/mol. The van der Waals surface area contributed by atoms with Gasteiger partial charge in [0.25, 0.3) is 0 Å². The Morgan fingerprint density at radius 1 is 1.33 bits per heavy atom. The van der Waals surface area contributed by atoms with Crippen LogP contribution in [0.15, 0.2) is 11.6 Å². The van der Waals surface area contributed by atoms with Gasteiger partial charge in [-0.15, -0.1) is 0 Å². The molecule has 0 aromatic carbocycles. The molecule has 1 aliphatic heterocycles. The Hall–Kier alpha value is -0.380. The molecule has 1 saturated heterocycles. The second-order valence-electron chi connectivity index (χ2n) is 6.17. The highest BCUT2D eigenvalue weighted by Crippen LogP contribution is 2.51. The van der Waals surface area contributed by atoms with E-state index in [1.54, 1.807) is 0 Å². The van der Waals surface area contributed by atoms with Crippen LogP contribution in [0.25, 0.3) is 0 Å². The lowest BCUT2D eigenvalue weighted by Gasteiger charge is -2.38. The number of aliphatic hydroxyl groups excluding tert-OH is 1. The SMILES string of the molecule is C[C@@]12CC[C@@H](O)C=C1CC[C@H]2OC1CCCCO1. The minimum Gasteiger partial charge on any atom is -0.389 e. The number of fused-ring (bicyclic) bond motifs is 1. The summed E-state index contributed by atoms with van der Waals surface area (Å²) < 4.78 is 11.9. The normalized spacial score (nSPS) is 44.6. The summed E-state index contributed by atoms with van der Waals surface area (Å²) in [6, 6.07) is 0. The molecule has 1 N–H and O–H groups in total. The Balaban J connectivity index is 1.68. The molecule has 18 heavy (non-hydrogen) atoms. The Kier molecular flexibility index (Phi) is 3.48. The molecule has 2 aliphatic carbocycles. The van der Waals surface area contributed by atoms with Crippen molar-refractivity contribution in [3.63, 3.8) is 0 Å². The summed E-state index contributed by atoms with van der Waals surface area (Å²) in [5.41, 5.74) is 1.54. The van der Waals surface area contributed by atoms with Crippen LogP contribution >= 0.6 is 0 Å². The molecule has 3 rings (SSSR count). The molecule has 1 unspecified atom stereocenters. The van der Waals surface area contributed by atoms with Crippen molar-refractivity contribution in [2.75, 3.05) is 6.61 Å². The number of rotatable bonds is 2. The Bertz CT molecular complexity index is 333. The van der Waals surface area contributed by atoms with Crippen molar-refractivity contribution in [1.82, 2.24) is 0 Å². The summed E-state index contributed by atoms with van der Waals surface area (Å²) >= 11 is 0. The van der Waals surface area contributed by atoms with Gasteiger partial charge in [0.15, 0.2) is 6.29 Å². The standard InChI is InChI=1S/C15H24O3/c1-15-8-7-12(16)10-11(15)5-6-13(15)18-14-4-2-3-9-17-14/h10,12-14,16H,2-9H2,1H3/t12-,13-,14?,15-/m1/s1. The first-order valence-electron chi connectivity index (χ1n) is 7.35. The third-order valence-electron chi connectivity index (χ3n) is 4.93. The van der Waals surface area contributed by atoms with Crippen LogP contribution in [0.3, 0.4) is 0 Å². The molecular weight excluding hydrogens is 228 g/mol. The quantitative estimate of drug-likeness (QED) is 0.768. The zero-order chi connectivity index (χ0) is 12.6. The van der Waals surface area contributed by atoms with E-state index in [2.05, 4.69) is 13.0 Å². The average Bonchev–Trinajstić information content (AvgIpc) is 2.69. The van der Waals surface area contributed by atoms with Gasteiger partial charge in [-0.2, -0.15) is 0 Å². The molecule has 1 heterocycles. The largest absolute Gasteiger partial charge is 0.389 e. The number of hydrogen-bond donors (Lipinski definition) is 1. The second kappa shape index (κ2) is 4.95. The third kappa shape index (κ3) is 2.24. The van der Waals surface area contributed by atoms with Crippen LogP contribution < -0.4 is 0 Å². The van der Waals surface area contributed by atoms with Gasteiger partial charge < -0.3 is 14.6 Å². The van der Waals surface area contributed by atoms with Crippen molar-refractivity contribution >= 4 is 0 Å². The van der Waals surface area contributed by atoms with Crippen molar-refractivity contribution in [3.8, 4) is 0 Å². The number of hydrogen-bond acceptors (Lipinski definition) is 3. The first kappa shape index (κ1) is 12.6. The van der Waals surface area contributed by atoms with E-state index in [9.17, 15) is 5.11 Å². The number of ether oxygens (including phenoxy) is 2. The molecule has 1 saturated carbocycles. The maximum absolute atomic E-state index is 9.74. The molecule has 0 bridgehead atoms. The van der Waals surface area contributed by atoms with Gasteiger partial charge in [-0.05, 0) is 44.9 Å². The van der Waals surface area contributed by atoms with Gasteiger partial charge in [-0.25, -0.2) is 0 Å². The minimum atomic E-state index is -0.238. The molecule has 102 valence electrons. The highest BCUT2D eigenvalue weighted by Gasteiger charge is 2.46. The summed E-state index contributed by atoms with van der Waals surface area (Å²) in [7, 11) is 0. The first-order chi connectivity index (χ1) is 8.68. The predicted octanol–water partition coefficient (Wildman–Crippen LogP) is 2.78. The van der Waals surface area contributed by atoms with Crippen molar-refractivity contribution in [3.05, 3.63) is 11.6 Å². The van der Waals surface area contributed by atoms with E-state index in [4.69, 9.17) is 9.47 Å². The molecule has 3 aliphatic rings. The van der Waals surface area contributed by atoms with Gasteiger partial charge in [-0.1, -0.05) is 18.6 Å². The van der Waals surface area contributed by atoms with Crippen LogP contribution in [-0.4, -0.2) is 30.2 Å². The molecule has 0 amide bonds. The van der Waals surface area contributed by atoms with Gasteiger partial charge in [0, 0.05) is 12.0 Å². The highest BCUT2D eigenvalue weighted by molar-refractivity contribution is 5.25. The van der Waals surface area contributed by atoms with E-state index < -0.39 is 0 Å². The van der Waals surface area contributed by atoms with Crippen LogP contribution in [0.5, 0.6) is 0 Å². The van der Waals surface area contributed by atoms with E-state index >= 15 is 0 Å². The molecule has 4 atom stereocenters. The van der Waals surface area contributed by atoms with E-state index in [1.165, 1.54) is 18.4 Å². The van der Waals surface area contributed by atoms with E-state index in [-0.39, 0.29) is 23.9 Å². The lowest BCUT2D eigenvalue weighted by atomic mass is 9.74. The number of aliphatic hydroxyl groups is 1. The van der Waals surface area contributed by atoms with E-state index in [1.807, 2.05) is 0 Å². The van der Waals surface area contributed by atoms with Crippen LogP contribution in [0.4, 0.5) is 0 Å². The van der Waals surface area contributed by atoms with Crippen molar-refractivity contribution < 1.29 is 14.6 Å². The molecule has 0 spiro atoms. The van der Waals surface area contributed by atoms with Crippen LogP contribution in [-0.2, 0) is 9.47 Å². The summed E-state index contributed by atoms with van der Waals surface area (Å²) in [6.45, 7) is 3.14. The highest BCUT2D eigenvalue weighted by atomic mass is 16.7. The minimum absolute atomic E-state index is 0.00627. The molecule has 0 aromatic heterocycles. The lowest BCUT2D eigenvalue weighted by molar-refractivity contribution is -0.203. The molecule has 0 radical (unpaired) electrons. The fourth-order valence-corrected chi connectivity index (χ4v) is 3.68. The molecule has 0 aromatic rings. The summed E-state index contributed by atoms with van der Waals surface area (Å²) in [6.07, 6.45) is 9.59. The zero-order valence-corrected chi connectivity index (χ0v) is 11.2. The Morgan fingerprint density at radius 2 is 2.22 bits per heavy atom. The van der Waals surface area contributed by atoms with Gasteiger partial charge >= 0.3 is 0 Å². The molecule has 2 fully saturated rings. The maximum atomic E-state index is 9.74. The Labute approximate surface area is 109 Å². The average molecular weight is 252 g/mol. The molecular formula is C15H24O3. The van der Waals surface area contributed by atoms with Gasteiger partial charge in [0.05, 0.1) is 12.2 Å². The molecule has 3 nitrogen and oxygen atoms in total. The van der Waals surface area contributed by atoms with Crippen LogP contribution in [0.1, 0.15) is 51.9 Å². The topological polar surface area (TPSA) is 38.7 Å². The smallest absolute Gasteiger partial charge is 0.157 e. The van der Waals surface area contributed by atoms with Crippen molar-refractivity contribution in [2.45, 2.75) is 70.4 Å². The van der Waals surface area contributed by atoms with Crippen LogP contribution in [0, 0.1) is 5.41 Å². The Morgan fingerprint density at radius 3 is 3.00 bits per heavy atom. The first-order valence-corrected chi connectivity index (χ1v) is 7.35. The van der Waals surface area contributed by atoms with Gasteiger partial charge in [0.1, 0.15) is 0 Å². The summed E-state index contributed by atoms with van der Waals surface area (Å²) in [4.78, 5) is 0. The summed E-state index contributed by atoms with van der Waals surface area (Å²) in [5.74, 6) is 0. The summed E-state index contributed by atoms with van der Waals surface area (Å²) in [5, 5.41) is 9.74. The monoisotopic (exact) mass is 252 g/mol. The third-order valence-corrected chi connectivity index (χ3v) is 4.93. The zero-order valence-electron chi connectivity index (χ0n) is 11.2. The maximum Gasteiger partial charge on any atom is 0.157 e. The van der Waals surface area contributed by atoms with Gasteiger partial charge in [-0.3, -0.25) is 0 Å². The van der Waals surface area contributed by atoms with E-state index in [0.717, 1.165) is 38.7 Å². The second-order valence-corrected chi connectivity index (χ2v) is 6.17. The lowest BCUT2D eigenvalue weighted by Crippen LogP contribution is -2.38. The van der Waals surface area contributed by atoms with Crippen molar-refractivity contribution in [1.29, 1.82) is 0 Å². The fraction of sp³-hybridized carbons (Fsp3) is 0.867. The molecule has 3 heteroatoms. The van der Waals surface area contributed by atoms with Crippen molar-refractivity contribution in [2.24, 2.45) is 5.41 Å². The van der Waals surface area contributed by atoms with Gasteiger partial charge in [0.2, 0.25) is 0 Å². The van der Waals surface area contributed by atoms with Crippen LogP contribution in [0.2, 0.25) is 0 Å². The van der Waals surface area contributed by atoms with E-state index in [0.29, 0.717) is 0 Å². The fourth-order valence-electron chi connectivity index (χ4n) is 3.68.